The lowest BCUT2D eigenvalue weighted by atomic mass is 10.2. The first kappa shape index (κ1) is 14.2. The highest BCUT2D eigenvalue weighted by Gasteiger charge is 2.10. The summed E-state index contributed by atoms with van der Waals surface area (Å²) in [5.74, 6) is 1.56. The fourth-order valence-electron chi connectivity index (χ4n) is 2.04. The minimum atomic E-state index is -0.183. The SMILES string of the molecule is CC[C@@H](C)NC(=O)Nc1cc2ccc(OC)cc2n1C. The summed E-state index contributed by atoms with van der Waals surface area (Å²) in [5, 5.41) is 6.82. The van der Waals surface area contributed by atoms with Gasteiger partial charge in [0.25, 0.3) is 0 Å². The number of rotatable bonds is 4. The third-order valence-corrected chi connectivity index (χ3v) is 3.48. The topological polar surface area (TPSA) is 55.3 Å². The lowest BCUT2D eigenvalue weighted by molar-refractivity contribution is 0.249. The van der Waals surface area contributed by atoms with E-state index in [9.17, 15) is 4.79 Å². The number of amides is 2. The van der Waals surface area contributed by atoms with Crippen LogP contribution in [0.15, 0.2) is 24.3 Å². The van der Waals surface area contributed by atoms with Crippen molar-refractivity contribution in [2.24, 2.45) is 7.05 Å². The number of ether oxygens (including phenoxy) is 1. The molecule has 1 aromatic carbocycles. The summed E-state index contributed by atoms with van der Waals surface area (Å²) in [4.78, 5) is 11.9. The molecule has 2 amide bonds. The monoisotopic (exact) mass is 275 g/mol. The van der Waals surface area contributed by atoms with Gasteiger partial charge >= 0.3 is 6.03 Å². The molecule has 0 saturated heterocycles. The summed E-state index contributed by atoms with van der Waals surface area (Å²) >= 11 is 0. The van der Waals surface area contributed by atoms with Gasteiger partial charge in [-0.05, 0) is 31.5 Å². The van der Waals surface area contributed by atoms with E-state index in [-0.39, 0.29) is 12.1 Å². The second kappa shape index (κ2) is 5.86. The van der Waals surface area contributed by atoms with Gasteiger partial charge in [-0.2, -0.15) is 0 Å². The Bertz CT molecular complexity index is 619. The average molecular weight is 275 g/mol. The number of aryl methyl sites for hydroxylation is 1. The third kappa shape index (κ3) is 2.87. The molecule has 1 aromatic heterocycles. The fourth-order valence-corrected chi connectivity index (χ4v) is 2.04. The summed E-state index contributed by atoms with van der Waals surface area (Å²) < 4.78 is 7.16. The van der Waals surface area contributed by atoms with Gasteiger partial charge in [-0.25, -0.2) is 4.79 Å². The molecule has 1 atom stereocenters. The molecule has 5 heteroatoms. The molecule has 20 heavy (non-hydrogen) atoms. The average Bonchev–Trinajstić information content (AvgIpc) is 2.74. The molecule has 0 aliphatic rings. The maximum absolute atomic E-state index is 11.9. The molecular weight excluding hydrogens is 254 g/mol. The number of benzene rings is 1. The molecule has 0 fully saturated rings. The van der Waals surface area contributed by atoms with Crippen LogP contribution < -0.4 is 15.4 Å². The van der Waals surface area contributed by atoms with E-state index in [0.717, 1.165) is 28.9 Å². The van der Waals surface area contributed by atoms with E-state index >= 15 is 0 Å². The van der Waals surface area contributed by atoms with Gasteiger partial charge in [-0.15, -0.1) is 0 Å². The molecule has 0 radical (unpaired) electrons. The normalized spacial score (nSPS) is 12.2. The maximum Gasteiger partial charge on any atom is 0.320 e. The first-order chi connectivity index (χ1) is 9.55. The first-order valence-corrected chi connectivity index (χ1v) is 6.76. The van der Waals surface area contributed by atoms with Crippen molar-refractivity contribution >= 4 is 22.8 Å². The minimum Gasteiger partial charge on any atom is -0.497 e. The molecule has 2 aromatic rings. The summed E-state index contributed by atoms with van der Waals surface area (Å²) in [7, 11) is 3.56. The Hall–Kier alpha value is -2.17. The van der Waals surface area contributed by atoms with E-state index in [2.05, 4.69) is 10.6 Å². The number of hydrogen-bond acceptors (Lipinski definition) is 2. The molecule has 0 unspecified atom stereocenters. The molecule has 0 spiro atoms. The third-order valence-electron chi connectivity index (χ3n) is 3.48. The Kier molecular flexibility index (Phi) is 4.17. The molecule has 2 rings (SSSR count). The number of anilines is 1. The van der Waals surface area contributed by atoms with Crippen molar-refractivity contribution in [2.75, 3.05) is 12.4 Å². The fraction of sp³-hybridized carbons (Fsp3) is 0.400. The van der Waals surface area contributed by atoms with Crippen LogP contribution in [0, 0.1) is 0 Å². The Morgan fingerprint density at radius 1 is 1.40 bits per heavy atom. The predicted molar refractivity (Wildman–Crippen MR) is 81.4 cm³/mol. The number of methoxy groups -OCH3 is 1. The molecule has 2 N–H and O–H groups in total. The highest BCUT2D eigenvalue weighted by atomic mass is 16.5. The quantitative estimate of drug-likeness (QED) is 0.900. The van der Waals surface area contributed by atoms with Gasteiger partial charge in [0.05, 0.1) is 12.6 Å². The van der Waals surface area contributed by atoms with Crippen LogP contribution in [0.4, 0.5) is 10.6 Å². The number of carbonyl (C=O) groups excluding carboxylic acids is 1. The van der Waals surface area contributed by atoms with Crippen LogP contribution in [0.2, 0.25) is 0 Å². The van der Waals surface area contributed by atoms with Gasteiger partial charge in [-0.1, -0.05) is 6.92 Å². The Morgan fingerprint density at radius 2 is 2.15 bits per heavy atom. The van der Waals surface area contributed by atoms with E-state index < -0.39 is 0 Å². The van der Waals surface area contributed by atoms with Gasteiger partial charge in [0.1, 0.15) is 11.6 Å². The molecule has 108 valence electrons. The highest BCUT2D eigenvalue weighted by Crippen LogP contribution is 2.26. The van der Waals surface area contributed by atoms with Crippen LogP contribution in [0.1, 0.15) is 20.3 Å². The van der Waals surface area contributed by atoms with Gasteiger partial charge < -0.3 is 14.6 Å². The largest absolute Gasteiger partial charge is 0.497 e. The van der Waals surface area contributed by atoms with Crippen molar-refractivity contribution in [1.82, 2.24) is 9.88 Å². The molecule has 0 aliphatic heterocycles. The highest BCUT2D eigenvalue weighted by molar-refractivity contribution is 5.94. The van der Waals surface area contributed by atoms with Gasteiger partial charge in [0.2, 0.25) is 0 Å². The van der Waals surface area contributed by atoms with Crippen molar-refractivity contribution in [3.63, 3.8) is 0 Å². The summed E-state index contributed by atoms with van der Waals surface area (Å²) in [6.07, 6.45) is 0.903. The summed E-state index contributed by atoms with van der Waals surface area (Å²) in [6.45, 7) is 4.01. The maximum atomic E-state index is 11.9. The number of carbonyl (C=O) groups is 1. The van der Waals surface area contributed by atoms with Crippen molar-refractivity contribution in [1.29, 1.82) is 0 Å². The standard InChI is InChI=1S/C15H21N3O2/c1-5-10(2)16-15(19)17-14-8-11-6-7-12(20-4)9-13(11)18(14)3/h6-10H,5H2,1-4H3,(H2,16,17,19)/t10-/m1/s1. The zero-order valence-corrected chi connectivity index (χ0v) is 12.4. The number of fused-ring (bicyclic) bond motifs is 1. The lowest BCUT2D eigenvalue weighted by Gasteiger charge is -2.13. The van der Waals surface area contributed by atoms with Crippen molar-refractivity contribution in [3.05, 3.63) is 24.3 Å². The van der Waals surface area contributed by atoms with Crippen LogP contribution in [0.5, 0.6) is 5.75 Å². The zero-order chi connectivity index (χ0) is 14.7. The summed E-state index contributed by atoms with van der Waals surface area (Å²) in [6, 6.07) is 7.76. The second-order valence-electron chi connectivity index (χ2n) is 4.92. The molecule has 1 heterocycles. The lowest BCUT2D eigenvalue weighted by Crippen LogP contribution is -2.36. The van der Waals surface area contributed by atoms with Crippen LogP contribution in [-0.2, 0) is 7.05 Å². The van der Waals surface area contributed by atoms with Crippen molar-refractivity contribution in [2.45, 2.75) is 26.3 Å². The van der Waals surface area contributed by atoms with E-state index in [1.165, 1.54) is 0 Å². The van der Waals surface area contributed by atoms with Gasteiger partial charge in [-0.3, -0.25) is 5.32 Å². The predicted octanol–water partition coefficient (Wildman–Crippen LogP) is 3.11. The van der Waals surface area contributed by atoms with Crippen molar-refractivity contribution < 1.29 is 9.53 Å². The van der Waals surface area contributed by atoms with Gasteiger partial charge in [0, 0.05) is 24.5 Å². The van der Waals surface area contributed by atoms with Crippen LogP contribution in [-0.4, -0.2) is 23.7 Å². The van der Waals surface area contributed by atoms with Crippen molar-refractivity contribution in [3.8, 4) is 5.75 Å². The smallest absolute Gasteiger partial charge is 0.320 e. The van der Waals surface area contributed by atoms with E-state index in [1.807, 2.05) is 49.7 Å². The second-order valence-corrected chi connectivity index (χ2v) is 4.92. The van der Waals surface area contributed by atoms with Crippen LogP contribution in [0.3, 0.4) is 0 Å². The van der Waals surface area contributed by atoms with E-state index in [4.69, 9.17) is 4.74 Å². The number of aromatic nitrogens is 1. The van der Waals surface area contributed by atoms with E-state index in [1.54, 1.807) is 7.11 Å². The number of hydrogen-bond donors (Lipinski definition) is 2. The number of nitrogens with one attached hydrogen (secondary N) is 2. The van der Waals surface area contributed by atoms with Gasteiger partial charge in [0.15, 0.2) is 0 Å². The Morgan fingerprint density at radius 3 is 2.80 bits per heavy atom. The van der Waals surface area contributed by atoms with Crippen LogP contribution in [0.25, 0.3) is 10.9 Å². The zero-order valence-electron chi connectivity index (χ0n) is 12.4. The number of nitrogens with zero attached hydrogens (tertiary/aromatic N) is 1. The minimum absolute atomic E-state index is 0.157. The summed E-state index contributed by atoms with van der Waals surface area (Å²) in [5.41, 5.74) is 1.02. The molecular formula is C15H21N3O2. The Labute approximate surface area is 118 Å². The molecule has 0 saturated carbocycles. The van der Waals surface area contributed by atoms with Crippen LogP contribution >= 0.6 is 0 Å². The first-order valence-electron chi connectivity index (χ1n) is 6.76. The Balaban J connectivity index is 2.22. The molecule has 0 bridgehead atoms. The number of urea groups is 1. The van der Waals surface area contributed by atoms with E-state index in [0.29, 0.717) is 0 Å². The molecule has 5 nitrogen and oxygen atoms in total. The molecule has 0 aliphatic carbocycles.